The number of rotatable bonds is 4. The van der Waals surface area contributed by atoms with E-state index in [0.29, 0.717) is 17.1 Å². The minimum Gasteiger partial charge on any atom is -0.495 e. The first-order valence-corrected chi connectivity index (χ1v) is 9.69. The highest BCUT2D eigenvalue weighted by Gasteiger charge is 2.57. The molecular formula is C24H19N3O3. The Morgan fingerprint density at radius 2 is 1.43 bits per heavy atom. The lowest BCUT2D eigenvalue weighted by atomic mass is 9.93. The molecule has 0 radical (unpaired) electrons. The van der Waals surface area contributed by atoms with E-state index in [9.17, 15) is 9.59 Å². The number of ether oxygens (including phenoxy) is 1. The molecule has 5 rings (SSSR count). The number of fused-ring (bicyclic) bond motifs is 1. The summed E-state index contributed by atoms with van der Waals surface area (Å²) in [6, 6.07) is 25.3. The molecule has 0 N–H and O–H groups in total. The van der Waals surface area contributed by atoms with Crippen LogP contribution in [0.4, 0.5) is 11.4 Å². The molecule has 3 aromatic rings. The van der Waals surface area contributed by atoms with Crippen molar-refractivity contribution in [2.24, 2.45) is 11.0 Å². The van der Waals surface area contributed by atoms with Gasteiger partial charge in [-0.05, 0) is 29.8 Å². The molecule has 2 amide bonds. The topological polar surface area (TPSA) is 62.2 Å². The number of imide groups is 1. The molecule has 30 heavy (non-hydrogen) atoms. The zero-order chi connectivity index (χ0) is 20.7. The molecule has 6 heteroatoms. The average molecular weight is 397 g/mol. The van der Waals surface area contributed by atoms with Gasteiger partial charge >= 0.3 is 0 Å². The van der Waals surface area contributed by atoms with E-state index in [2.05, 4.69) is 0 Å². The van der Waals surface area contributed by atoms with E-state index < -0.39 is 12.0 Å². The Balaban J connectivity index is 1.65. The third kappa shape index (κ3) is 2.69. The van der Waals surface area contributed by atoms with Crippen LogP contribution in [0.15, 0.2) is 90.0 Å². The molecule has 3 aromatic carbocycles. The summed E-state index contributed by atoms with van der Waals surface area (Å²) >= 11 is 0. The number of anilines is 2. The van der Waals surface area contributed by atoms with E-state index >= 15 is 0 Å². The van der Waals surface area contributed by atoms with Gasteiger partial charge in [-0.25, -0.2) is 4.90 Å². The number of methoxy groups -OCH3 is 1. The van der Waals surface area contributed by atoms with Gasteiger partial charge in [-0.3, -0.25) is 14.6 Å². The van der Waals surface area contributed by atoms with Crippen LogP contribution in [0, 0.1) is 5.92 Å². The van der Waals surface area contributed by atoms with E-state index in [1.165, 1.54) is 12.0 Å². The molecule has 148 valence electrons. The maximum Gasteiger partial charge on any atom is 0.260 e. The maximum absolute atomic E-state index is 13.6. The molecule has 2 aliphatic rings. The predicted octanol–water partition coefficient (Wildman–Crippen LogP) is 3.48. The largest absolute Gasteiger partial charge is 0.495 e. The van der Waals surface area contributed by atoms with Gasteiger partial charge < -0.3 is 4.74 Å². The normalized spacial score (nSPS) is 20.4. The van der Waals surface area contributed by atoms with Crippen LogP contribution in [0.3, 0.4) is 0 Å². The fourth-order valence-electron chi connectivity index (χ4n) is 4.11. The molecular weight excluding hydrogens is 378 g/mol. The summed E-state index contributed by atoms with van der Waals surface area (Å²) in [6.07, 6.45) is 0. The van der Waals surface area contributed by atoms with Crippen LogP contribution in [-0.2, 0) is 9.59 Å². The summed E-state index contributed by atoms with van der Waals surface area (Å²) in [5, 5.41) is 6.40. The van der Waals surface area contributed by atoms with Gasteiger partial charge in [0.05, 0.1) is 24.2 Å². The van der Waals surface area contributed by atoms with E-state index in [1.54, 1.807) is 29.3 Å². The molecule has 0 aromatic heterocycles. The second-order valence-electron chi connectivity index (χ2n) is 7.14. The molecule has 0 aliphatic carbocycles. The summed E-state index contributed by atoms with van der Waals surface area (Å²) in [4.78, 5) is 28.4. The lowest BCUT2D eigenvalue weighted by Gasteiger charge is -2.22. The molecule has 2 heterocycles. The van der Waals surface area contributed by atoms with Gasteiger partial charge in [0.2, 0.25) is 5.91 Å². The van der Waals surface area contributed by atoms with Crippen molar-refractivity contribution in [2.45, 2.75) is 6.04 Å². The monoisotopic (exact) mass is 397 g/mol. The van der Waals surface area contributed by atoms with Crippen molar-refractivity contribution in [3.8, 4) is 5.75 Å². The van der Waals surface area contributed by atoms with E-state index in [1.807, 2.05) is 60.7 Å². The third-order valence-electron chi connectivity index (χ3n) is 5.47. The zero-order valence-electron chi connectivity index (χ0n) is 16.3. The van der Waals surface area contributed by atoms with Gasteiger partial charge in [-0.1, -0.05) is 60.7 Å². The molecule has 0 spiro atoms. The second-order valence-corrected chi connectivity index (χ2v) is 7.14. The van der Waals surface area contributed by atoms with E-state index in [0.717, 1.165) is 11.3 Å². The number of nitrogens with zero attached hydrogens (tertiary/aromatic N) is 3. The van der Waals surface area contributed by atoms with Crippen LogP contribution >= 0.6 is 0 Å². The smallest absolute Gasteiger partial charge is 0.260 e. The Morgan fingerprint density at radius 3 is 2.13 bits per heavy atom. The SMILES string of the molecule is COc1ccccc1N1C(=O)[C@@H]2C(c3ccccc3)=NN(c3ccccc3)[C@@H]2C1=O. The number of carbonyl (C=O) groups excluding carboxylic acids is 2. The molecule has 0 saturated carbocycles. The lowest BCUT2D eigenvalue weighted by Crippen LogP contribution is -2.39. The first-order valence-electron chi connectivity index (χ1n) is 9.69. The van der Waals surface area contributed by atoms with Crippen LogP contribution in [0.25, 0.3) is 0 Å². The van der Waals surface area contributed by atoms with Crippen molar-refractivity contribution < 1.29 is 14.3 Å². The van der Waals surface area contributed by atoms with Gasteiger partial charge in [0.15, 0.2) is 0 Å². The number of hydrogen-bond acceptors (Lipinski definition) is 5. The van der Waals surface area contributed by atoms with Crippen LogP contribution in [0.5, 0.6) is 5.75 Å². The van der Waals surface area contributed by atoms with Gasteiger partial charge in [0, 0.05) is 0 Å². The fourth-order valence-corrected chi connectivity index (χ4v) is 4.11. The average Bonchev–Trinajstić information content (AvgIpc) is 3.32. The first kappa shape index (κ1) is 18.1. The maximum atomic E-state index is 13.6. The number of para-hydroxylation sites is 3. The van der Waals surface area contributed by atoms with Crippen molar-refractivity contribution >= 4 is 28.9 Å². The van der Waals surface area contributed by atoms with Crippen molar-refractivity contribution in [3.05, 3.63) is 90.5 Å². The highest BCUT2D eigenvalue weighted by atomic mass is 16.5. The minimum atomic E-state index is -0.736. The lowest BCUT2D eigenvalue weighted by molar-refractivity contribution is -0.121. The second kappa shape index (κ2) is 7.15. The zero-order valence-corrected chi connectivity index (χ0v) is 16.3. The number of benzene rings is 3. The molecule has 0 unspecified atom stereocenters. The van der Waals surface area contributed by atoms with Crippen molar-refractivity contribution in [2.75, 3.05) is 17.0 Å². The standard InChI is InChI=1S/C24H19N3O3/c1-30-19-15-9-8-14-18(19)26-23(28)20-21(16-10-4-2-5-11-16)25-27(22(20)24(26)29)17-12-6-3-7-13-17/h2-15,20,22H,1H3/t20-,22+/m1/s1. The first-order chi connectivity index (χ1) is 14.7. The highest BCUT2D eigenvalue weighted by molar-refractivity contribution is 6.34. The predicted molar refractivity (Wildman–Crippen MR) is 115 cm³/mol. The summed E-state index contributed by atoms with van der Waals surface area (Å²) in [5.74, 6) is -0.822. The molecule has 1 saturated heterocycles. The van der Waals surface area contributed by atoms with Crippen LogP contribution in [0.2, 0.25) is 0 Å². The highest BCUT2D eigenvalue weighted by Crippen LogP contribution is 2.41. The van der Waals surface area contributed by atoms with Crippen molar-refractivity contribution in [1.29, 1.82) is 0 Å². The van der Waals surface area contributed by atoms with Gasteiger partial charge in [-0.2, -0.15) is 5.10 Å². The number of hydrogen-bond donors (Lipinski definition) is 0. The number of carbonyl (C=O) groups is 2. The summed E-state index contributed by atoms with van der Waals surface area (Å²) < 4.78 is 5.41. The fraction of sp³-hybridized carbons (Fsp3) is 0.125. The molecule has 0 bridgehead atoms. The number of hydrazone groups is 1. The van der Waals surface area contributed by atoms with Crippen molar-refractivity contribution in [3.63, 3.8) is 0 Å². The van der Waals surface area contributed by atoms with E-state index in [-0.39, 0.29) is 11.8 Å². The Bertz CT molecular complexity index is 1140. The quantitative estimate of drug-likeness (QED) is 0.633. The summed E-state index contributed by atoms with van der Waals surface area (Å²) in [6.45, 7) is 0. The van der Waals surface area contributed by atoms with Crippen LogP contribution in [-0.4, -0.2) is 30.7 Å². The molecule has 1 fully saturated rings. The minimum absolute atomic E-state index is 0.296. The Morgan fingerprint density at radius 1 is 0.800 bits per heavy atom. The molecule has 2 atom stereocenters. The number of amides is 2. The third-order valence-corrected chi connectivity index (χ3v) is 5.47. The van der Waals surface area contributed by atoms with Crippen molar-refractivity contribution in [1.82, 2.24) is 0 Å². The molecule has 2 aliphatic heterocycles. The van der Waals surface area contributed by atoms with Gasteiger partial charge in [-0.15, -0.1) is 0 Å². The summed E-state index contributed by atoms with van der Waals surface area (Å²) in [7, 11) is 1.53. The van der Waals surface area contributed by atoms with Gasteiger partial charge in [0.25, 0.3) is 5.91 Å². The summed E-state index contributed by atoms with van der Waals surface area (Å²) in [5.41, 5.74) is 2.64. The Kier molecular flexibility index (Phi) is 4.32. The molecule has 6 nitrogen and oxygen atoms in total. The Hall–Kier alpha value is -3.93. The Labute approximate surface area is 174 Å². The van der Waals surface area contributed by atoms with Gasteiger partial charge in [0.1, 0.15) is 17.7 Å². The van der Waals surface area contributed by atoms with Crippen LogP contribution in [0.1, 0.15) is 5.56 Å². The van der Waals surface area contributed by atoms with Crippen LogP contribution < -0.4 is 14.6 Å². The van der Waals surface area contributed by atoms with E-state index in [4.69, 9.17) is 9.84 Å².